The number of ether oxygens (including phenoxy) is 6. The van der Waals surface area contributed by atoms with Crippen molar-refractivity contribution in [1.29, 1.82) is 21.6 Å². The summed E-state index contributed by atoms with van der Waals surface area (Å²) < 4.78 is 40.2. The average molecular weight is 1690 g/mol. The summed E-state index contributed by atoms with van der Waals surface area (Å²) in [5.74, 6) is 2.40. The number of aromatic nitrogens is 8. The SMILES string of the molecule is CC(=O)c1c(I)c(-c2ccc(OC3CC3)cc2)nn1[C@@H]1CCCN(C(=O)OC(C)(C)C)C1.CC(C)(C)OC(=O)N1CCC[C@@H](n2nc(-c3ccc(OC4CC4)cc3)c3c(N)n[nH]c(=O)c32)C1.CCl.N=N.O.[C-]#N.[C-]#N.[C-]#[N+]c1c(-c2ccc(OC3CC3)cc2)nn([C@@H]2CCCN(C(=O)OC(C)(C)C)C2)c1C(C)=O.[HH].[Zn+2]. The smallest absolute Gasteiger partial charge is 0.512 e. The van der Waals surface area contributed by atoms with Crippen molar-refractivity contribution in [2.45, 2.75) is 206 Å². The van der Waals surface area contributed by atoms with Gasteiger partial charge in [0, 0.05) is 65.1 Å². The van der Waals surface area contributed by atoms with E-state index in [-0.39, 0.29) is 97.1 Å². The van der Waals surface area contributed by atoms with E-state index >= 15 is 0 Å². The summed E-state index contributed by atoms with van der Waals surface area (Å²) in [6.45, 7) is 40.0. The molecule has 30 nitrogen and oxygen atoms in total. The van der Waals surface area contributed by atoms with Crippen molar-refractivity contribution in [2.24, 2.45) is 0 Å². The Morgan fingerprint density at radius 1 is 0.550 bits per heavy atom. The Morgan fingerprint density at radius 3 is 1.19 bits per heavy atom. The second-order valence-corrected chi connectivity index (χ2v) is 30.4. The first-order valence-electron chi connectivity index (χ1n) is 35.4. The Hall–Kier alpha value is -9.55. The number of hydrogen-bond acceptors (Lipinski definition) is 21. The van der Waals surface area contributed by atoms with Crippen LogP contribution in [0.1, 0.15) is 194 Å². The summed E-state index contributed by atoms with van der Waals surface area (Å²) in [4.78, 5) is 84.7. The Kier molecular flexibility index (Phi) is 33.2. The van der Waals surface area contributed by atoms with Crippen LogP contribution in [0.15, 0.2) is 77.6 Å². The number of ketones is 2. The van der Waals surface area contributed by atoms with Crippen LogP contribution in [0.3, 0.4) is 0 Å². The summed E-state index contributed by atoms with van der Waals surface area (Å²) in [6, 6.07) is 22.5. The van der Waals surface area contributed by atoms with Gasteiger partial charge in [-0.25, -0.2) is 35.4 Å². The molecule has 3 aliphatic heterocycles. The maximum Gasteiger partial charge on any atom is 2.00 e. The predicted octanol–water partition coefficient (Wildman–Crippen LogP) is 15.4. The fraction of sp³-hybridized carbons (Fsp3) is 0.513. The molecule has 7 aromatic rings. The first-order valence-corrected chi connectivity index (χ1v) is 37.2. The fourth-order valence-electron chi connectivity index (χ4n) is 12.2. The first-order chi connectivity index (χ1) is 51.0. The van der Waals surface area contributed by atoms with E-state index in [0.717, 1.165) is 120 Å². The number of Topliss-reactive ketones (excluding diaryl/α,β-unsaturated/α-hetero) is 2. The van der Waals surface area contributed by atoms with Gasteiger partial charge >= 0.3 is 37.8 Å². The number of hydrogen-bond donors (Lipinski definition) is 4. The van der Waals surface area contributed by atoms with Crippen molar-refractivity contribution in [1.82, 2.24) is 54.2 Å². The molecular formula is C76H99ClIN17O13Zn. The Morgan fingerprint density at radius 2 is 0.862 bits per heavy atom. The van der Waals surface area contributed by atoms with Crippen molar-refractivity contribution in [3.63, 3.8) is 0 Å². The molecule has 13 rings (SSSR count). The Balaban J connectivity index is 0.000000328. The van der Waals surface area contributed by atoms with E-state index in [1.165, 1.54) is 13.3 Å². The monoisotopic (exact) mass is 1680 g/mol. The maximum atomic E-state index is 12.9. The van der Waals surface area contributed by atoms with Gasteiger partial charge in [0.15, 0.2) is 17.4 Å². The fourth-order valence-corrected chi connectivity index (χ4v) is 13.3. The van der Waals surface area contributed by atoms with E-state index in [9.17, 15) is 28.8 Å². The summed E-state index contributed by atoms with van der Waals surface area (Å²) >= 11 is 6.85. The average Bonchev–Trinajstić information content (AvgIpc) is 1.56. The van der Waals surface area contributed by atoms with Gasteiger partial charge in [-0.05, 0) is 235 Å². The van der Waals surface area contributed by atoms with Gasteiger partial charge in [0.2, 0.25) is 5.69 Å². The molecule has 6 aliphatic rings. The molecule has 7 heterocycles. The van der Waals surface area contributed by atoms with Gasteiger partial charge in [-0.3, -0.25) is 28.4 Å². The van der Waals surface area contributed by atoms with E-state index in [0.29, 0.717) is 85.6 Å². The molecule has 3 saturated carbocycles. The molecule has 6 fully saturated rings. The molecule has 7 N–H and O–H groups in total. The number of rotatable bonds is 14. The third-order valence-electron chi connectivity index (χ3n) is 17.2. The molecule has 33 heteroatoms. The number of anilines is 1. The Bertz CT molecular complexity index is 4370. The van der Waals surface area contributed by atoms with E-state index in [2.05, 4.69) is 49.2 Å². The second-order valence-electron chi connectivity index (χ2n) is 29.3. The van der Waals surface area contributed by atoms with Crippen LogP contribution in [0, 0.1) is 44.9 Å². The molecule has 0 radical (unpaired) electrons. The van der Waals surface area contributed by atoms with E-state index < -0.39 is 16.8 Å². The zero-order valence-corrected chi connectivity index (χ0v) is 69.8. The van der Waals surface area contributed by atoms with E-state index in [1.807, 2.05) is 140 Å². The summed E-state index contributed by atoms with van der Waals surface area (Å²) in [6.07, 6.45) is 12.7. The minimum absolute atomic E-state index is 0. The molecule has 0 unspecified atom stereocenters. The van der Waals surface area contributed by atoms with Crippen LogP contribution >= 0.6 is 34.2 Å². The van der Waals surface area contributed by atoms with Gasteiger partial charge in [-0.1, -0.05) is 12.1 Å². The van der Waals surface area contributed by atoms with Crippen LogP contribution in [0.5, 0.6) is 17.2 Å². The largest absolute Gasteiger partial charge is 2.00 e. The van der Waals surface area contributed by atoms with Crippen LogP contribution in [-0.4, -0.2) is 170 Å². The number of aromatic amines is 1. The van der Waals surface area contributed by atoms with Gasteiger partial charge in [0.1, 0.15) is 62.3 Å². The quantitative estimate of drug-likeness (QED) is 0.0149. The van der Waals surface area contributed by atoms with Crippen molar-refractivity contribution >= 4 is 86.4 Å². The molecule has 0 spiro atoms. The van der Waals surface area contributed by atoms with Crippen molar-refractivity contribution in [2.75, 3.05) is 51.4 Å². The van der Waals surface area contributed by atoms with Gasteiger partial charge in [-0.2, -0.15) is 20.4 Å². The number of amides is 3. The number of H-pyrrole nitrogens is 1. The van der Waals surface area contributed by atoms with Crippen LogP contribution in [-0.2, 0) is 33.7 Å². The minimum atomic E-state index is -0.583. The number of nitrogen functional groups attached to an aromatic ring is 1. The number of halogens is 2. The van der Waals surface area contributed by atoms with Gasteiger partial charge in [0.05, 0.1) is 57.7 Å². The van der Waals surface area contributed by atoms with Gasteiger partial charge < -0.3 is 78.0 Å². The van der Waals surface area contributed by atoms with Crippen LogP contribution < -0.4 is 25.5 Å². The normalized spacial score (nSPS) is 17.2. The molecule has 3 saturated heterocycles. The van der Waals surface area contributed by atoms with Crippen LogP contribution in [0.25, 0.3) is 49.5 Å². The van der Waals surface area contributed by atoms with Crippen molar-refractivity contribution in [3.05, 3.63) is 123 Å². The van der Waals surface area contributed by atoms with Crippen molar-refractivity contribution < 1.29 is 78.8 Å². The number of fused-ring (bicyclic) bond motifs is 1. The molecule has 582 valence electrons. The number of nitrogens with zero attached hydrogens (tertiary/aromatic N) is 13. The van der Waals surface area contributed by atoms with Gasteiger partial charge in [-0.15, -0.1) is 11.6 Å². The first kappa shape index (κ1) is 90.1. The summed E-state index contributed by atoms with van der Waals surface area (Å²) in [7, 11) is 0. The summed E-state index contributed by atoms with van der Waals surface area (Å²) in [5, 5.41) is 33.9. The maximum absolute atomic E-state index is 12.9. The third-order valence-corrected chi connectivity index (χ3v) is 18.2. The number of carbonyl (C=O) groups excluding carboxylic acids is 5. The number of nitrogens with one attached hydrogen (secondary N) is 3. The molecule has 109 heavy (non-hydrogen) atoms. The van der Waals surface area contributed by atoms with Crippen LogP contribution in [0.2, 0.25) is 0 Å². The standard InChI is InChI=1S/C25H30N4O4.C24H30IN3O4.C24H30N6O4.CH3Cl.2CN.H2N2.H2O.Zn.H2/c1-16(30)23-22(26-5)21(17-8-10-19(11-9-17)32-20-12-13-20)27-29(23)18-7-6-14-28(15-18)24(31)33-25(2,3)4;1-15(29)22-20(25)21(16-7-9-18(10-8-16)31-19-11-12-19)26-28(22)17-6-5-13-27(14-17)23(30)32-24(2,3)4;1-24(2,3)34-23(32)29-12-4-5-15(13-29)30-20-18(21(25)26-27-22(20)31)19(28-30)14-6-8-16(9-7-14)33-17-10-11-17;4*1-2;;;/h8-11,18,20H,6-7,12-15H2,1-4H3;7-10,17,19H,5-6,11-14H2,1-4H3;6-9,15,17H,4-5,10-13H2,1-3H3,(H2,25,26)(H,27,31);1H3;;;1-2H;1H2;;1H/q;;;;2*-1;;;+2;/t18-;17-;15-;;;;;;;/m111......./s1. The van der Waals surface area contributed by atoms with E-state index in [4.69, 9.17) is 90.8 Å². The Labute approximate surface area is 668 Å². The zero-order valence-electron chi connectivity index (χ0n) is 63.9. The molecule has 3 amide bonds. The van der Waals surface area contributed by atoms with Crippen molar-refractivity contribution in [3.8, 4) is 51.0 Å². The third kappa shape index (κ3) is 24.5. The molecule has 3 aromatic carbocycles. The number of nitrogens with two attached hydrogens (primary N) is 1. The predicted molar refractivity (Wildman–Crippen MR) is 414 cm³/mol. The second kappa shape index (κ2) is 40.2. The summed E-state index contributed by atoms with van der Waals surface area (Å²) in [5.41, 5.74) is 20.0. The van der Waals surface area contributed by atoms with Gasteiger partial charge in [0.25, 0.3) is 5.56 Å². The number of carbonyl (C=O) groups is 5. The number of benzene rings is 3. The molecule has 4 aromatic heterocycles. The zero-order chi connectivity index (χ0) is 78.8. The van der Waals surface area contributed by atoms with Crippen LogP contribution in [0.4, 0.5) is 25.9 Å². The number of likely N-dealkylation sites (tertiary alicyclic amines) is 3. The molecule has 3 aliphatic carbocycles. The molecule has 0 bridgehead atoms. The van der Waals surface area contributed by atoms with E-state index in [1.54, 1.807) is 31.0 Å². The minimum Gasteiger partial charge on any atom is -0.512 e. The topological polar surface area (TPSA) is 407 Å². The molecule has 3 atom stereocenters. The number of alkyl halides is 1. The number of piperidine rings is 3. The molecular weight excluding hydrogens is 1590 g/mol.